The Hall–Kier alpha value is -3.48. The van der Waals surface area contributed by atoms with Crippen LogP contribution in [0.25, 0.3) is 5.69 Å². The highest BCUT2D eigenvalue weighted by molar-refractivity contribution is 5.96. The largest absolute Gasteiger partial charge is 0.434 e. The molecule has 3 aromatic rings. The maximum absolute atomic E-state index is 12.5. The molecule has 0 atom stereocenters. The number of amides is 1. The molecular weight excluding hydrogens is 364 g/mol. The van der Waals surface area contributed by atoms with E-state index in [0.717, 1.165) is 17.1 Å². The van der Waals surface area contributed by atoms with Gasteiger partial charge >= 0.3 is 6.61 Å². The first-order chi connectivity index (χ1) is 13.5. The number of hydrogen-bond acceptors (Lipinski definition) is 3. The van der Waals surface area contributed by atoms with Crippen molar-refractivity contribution in [2.24, 2.45) is 5.10 Å². The lowest BCUT2D eigenvalue weighted by Crippen LogP contribution is -2.18. The molecule has 0 aliphatic heterocycles. The summed E-state index contributed by atoms with van der Waals surface area (Å²) < 4.78 is 31.3. The average molecular weight is 383 g/mol. The SMILES string of the molecule is Cc1cc(C(=O)N/N=C/c2ccccc2OC(F)F)c(C)n1-c1ccccc1. The highest BCUT2D eigenvalue weighted by Gasteiger charge is 2.16. The van der Waals surface area contributed by atoms with E-state index in [1.54, 1.807) is 24.3 Å². The minimum Gasteiger partial charge on any atom is -0.434 e. The van der Waals surface area contributed by atoms with E-state index in [9.17, 15) is 13.6 Å². The third kappa shape index (κ3) is 4.25. The molecule has 0 fully saturated rings. The number of hydrazone groups is 1. The van der Waals surface area contributed by atoms with Crippen LogP contribution in [-0.4, -0.2) is 23.3 Å². The van der Waals surface area contributed by atoms with E-state index in [2.05, 4.69) is 15.3 Å². The lowest BCUT2D eigenvalue weighted by Gasteiger charge is -2.09. The van der Waals surface area contributed by atoms with Gasteiger partial charge in [-0.05, 0) is 44.2 Å². The number of rotatable bonds is 6. The summed E-state index contributed by atoms with van der Waals surface area (Å²) in [5.41, 5.74) is 5.89. The number of aromatic nitrogens is 1. The second-order valence-corrected chi connectivity index (χ2v) is 6.07. The fraction of sp³-hybridized carbons (Fsp3) is 0.143. The van der Waals surface area contributed by atoms with E-state index < -0.39 is 12.5 Å². The van der Waals surface area contributed by atoms with Gasteiger partial charge in [-0.2, -0.15) is 13.9 Å². The zero-order chi connectivity index (χ0) is 20.1. The fourth-order valence-corrected chi connectivity index (χ4v) is 2.98. The number of nitrogens with one attached hydrogen (secondary N) is 1. The molecule has 1 aromatic heterocycles. The highest BCUT2D eigenvalue weighted by atomic mass is 19.3. The maximum Gasteiger partial charge on any atom is 0.387 e. The number of hydrogen-bond donors (Lipinski definition) is 1. The van der Waals surface area contributed by atoms with Gasteiger partial charge < -0.3 is 9.30 Å². The van der Waals surface area contributed by atoms with Crippen molar-refractivity contribution in [1.82, 2.24) is 9.99 Å². The van der Waals surface area contributed by atoms with Gasteiger partial charge in [0.25, 0.3) is 5.91 Å². The standard InChI is InChI=1S/C21H19F2N3O2/c1-14-12-18(15(2)26(14)17-9-4-3-5-10-17)20(27)25-24-13-16-8-6-7-11-19(16)28-21(22)23/h3-13,21H,1-2H3,(H,25,27)/b24-13+. The minimum absolute atomic E-state index is 0.0160. The summed E-state index contributed by atoms with van der Waals surface area (Å²) in [6.45, 7) is 0.829. The molecule has 1 amide bonds. The molecule has 28 heavy (non-hydrogen) atoms. The number of alkyl halides is 2. The molecule has 0 saturated heterocycles. The van der Waals surface area contributed by atoms with Gasteiger partial charge in [0, 0.05) is 22.6 Å². The zero-order valence-corrected chi connectivity index (χ0v) is 15.4. The molecule has 1 heterocycles. The third-order valence-corrected chi connectivity index (χ3v) is 4.19. The summed E-state index contributed by atoms with van der Waals surface area (Å²) >= 11 is 0. The number of para-hydroxylation sites is 2. The van der Waals surface area contributed by atoms with Crippen LogP contribution >= 0.6 is 0 Å². The van der Waals surface area contributed by atoms with Crippen molar-refractivity contribution in [2.75, 3.05) is 0 Å². The molecule has 0 bridgehead atoms. The number of halogens is 2. The molecule has 1 N–H and O–H groups in total. The Labute approximate surface area is 161 Å². The molecule has 144 valence electrons. The Morgan fingerprint density at radius 1 is 1.11 bits per heavy atom. The van der Waals surface area contributed by atoms with Gasteiger partial charge in [0.15, 0.2) is 0 Å². The Kier molecular flexibility index (Phi) is 5.84. The van der Waals surface area contributed by atoms with Crippen LogP contribution in [0.15, 0.2) is 65.8 Å². The second-order valence-electron chi connectivity index (χ2n) is 6.07. The molecule has 0 aliphatic carbocycles. The van der Waals surface area contributed by atoms with Crippen molar-refractivity contribution < 1.29 is 18.3 Å². The molecule has 3 rings (SSSR count). The first-order valence-corrected chi connectivity index (χ1v) is 8.59. The van der Waals surface area contributed by atoms with Gasteiger partial charge in [-0.3, -0.25) is 4.79 Å². The molecule has 0 radical (unpaired) electrons. The molecule has 5 nitrogen and oxygen atoms in total. The van der Waals surface area contributed by atoms with Crippen LogP contribution in [0.1, 0.15) is 27.3 Å². The zero-order valence-electron chi connectivity index (χ0n) is 15.4. The summed E-state index contributed by atoms with van der Waals surface area (Å²) in [5.74, 6) is -0.406. The summed E-state index contributed by atoms with van der Waals surface area (Å²) in [5, 5.41) is 3.88. The van der Waals surface area contributed by atoms with Crippen molar-refractivity contribution >= 4 is 12.1 Å². The Morgan fingerprint density at radius 2 is 1.79 bits per heavy atom. The van der Waals surface area contributed by atoms with E-state index >= 15 is 0 Å². The summed E-state index contributed by atoms with van der Waals surface area (Å²) in [4.78, 5) is 12.5. The molecule has 0 unspecified atom stereocenters. The van der Waals surface area contributed by atoms with Crippen molar-refractivity contribution in [3.8, 4) is 11.4 Å². The van der Waals surface area contributed by atoms with E-state index in [-0.39, 0.29) is 5.75 Å². The smallest absolute Gasteiger partial charge is 0.387 e. The predicted octanol–water partition coefficient (Wildman–Crippen LogP) is 4.46. The average Bonchev–Trinajstić information content (AvgIpc) is 2.97. The molecule has 7 heteroatoms. The van der Waals surface area contributed by atoms with Gasteiger partial charge in [0.1, 0.15) is 5.75 Å². The van der Waals surface area contributed by atoms with Crippen molar-refractivity contribution in [2.45, 2.75) is 20.5 Å². The van der Waals surface area contributed by atoms with Crippen LogP contribution in [0.4, 0.5) is 8.78 Å². The van der Waals surface area contributed by atoms with E-state index in [1.165, 1.54) is 12.3 Å². The number of nitrogens with zero attached hydrogens (tertiary/aromatic N) is 2. The minimum atomic E-state index is -2.94. The van der Waals surface area contributed by atoms with Crippen molar-refractivity contribution in [3.63, 3.8) is 0 Å². The summed E-state index contributed by atoms with van der Waals surface area (Å²) in [6.07, 6.45) is 1.27. The molecule has 0 spiro atoms. The van der Waals surface area contributed by atoms with Gasteiger partial charge in [-0.25, -0.2) is 5.43 Å². The normalized spacial score (nSPS) is 11.2. The number of benzene rings is 2. The lowest BCUT2D eigenvalue weighted by atomic mass is 10.2. The van der Waals surface area contributed by atoms with Gasteiger partial charge in [-0.1, -0.05) is 30.3 Å². The number of carbonyl (C=O) groups excluding carboxylic acids is 1. The quantitative estimate of drug-likeness (QED) is 0.505. The topological polar surface area (TPSA) is 55.6 Å². The monoisotopic (exact) mass is 383 g/mol. The number of ether oxygens (including phenoxy) is 1. The van der Waals surface area contributed by atoms with Gasteiger partial charge in [0.2, 0.25) is 0 Å². The Balaban J connectivity index is 1.77. The Bertz CT molecular complexity index is 998. The molecule has 0 saturated carbocycles. The Morgan fingerprint density at radius 3 is 2.50 bits per heavy atom. The van der Waals surface area contributed by atoms with Crippen LogP contribution in [0, 0.1) is 13.8 Å². The van der Waals surface area contributed by atoms with Crippen LogP contribution in [0.2, 0.25) is 0 Å². The van der Waals surface area contributed by atoms with Gasteiger partial charge in [0.05, 0.1) is 11.8 Å². The van der Waals surface area contributed by atoms with Gasteiger partial charge in [-0.15, -0.1) is 0 Å². The van der Waals surface area contributed by atoms with E-state index in [0.29, 0.717) is 11.1 Å². The molecule has 2 aromatic carbocycles. The lowest BCUT2D eigenvalue weighted by molar-refractivity contribution is -0.0499. The van der Waals surface area contributed by atoms with Crippen molar-refractivity contribution in [3.05, 3.63) is 83.2 Å². The van der Waals surface area contributed by atoms with Crippen LogP contribution in [0.3, 0.4) is 0 Å². The first-order valence-electron chi connectivity index (χ1n) is 8.59. The van der Waals surface area contributed by atoms with Crippen LogP contribution in [-0.2, 0) is 0 Å². The second kappa shape index (κ2) is 8.47. The summed E-state index contributed by atoms with van der Waals surface area (Å²) in [7, 11) is 0. The number of aryl methyl sites for hydroxylation is 1. The molecule has 0 aliphatic rings. The summed E-state index contributed by atoms with van der Waals surface area (Å²) in [6, 6.07) is 17.7. The maximum atomic E-state index is 12.5. The molecular formula is C21H19F2N3O2. The third-order valence-electron chi connectivity index (χ3n) is 4.19. The highest BCUT2D eigenvalue weighted by Crippen LogP contribution is 2.21. The van der Waals surface area contributed by atoms with Crippen LogP contribution in [0.5, 0.6) is 5.75 Å². The van der Waals surface area contributed by atoms with Crippen molar-refractivity contribution in [1.29, 1.82) is 0 Å². The first kappa shape index (κ1) is 19.3. The fourth-order valence-electron chi connectivity index (χ4n) is 2.98. The predicted molar refractivity (Wildman–Crippen MR) is 103 cm³/mol. The van der Waals surface area contributed by atoms with Crippen LogP contribution < -0.4 is 10.2 Å². The van der Waals surface area contributed by atoms with E-state index in [4.69, 9.17) is 0 Å². The van der Waals surface area contributed by atoms with E-state index in [1.807, 2.05) is 48.7 Å². The number of carbonyl (C=O) groups is 1.